The average Bonchev–Trinajstić information content (AvgIpc) is 2.82. The fourth-order valence-electron chi connectivity index (χ4n) is 2.60. The highest BCUT2D eigenvalue weighted by atomic mass is 32.2. The third-order valence-corrected chi connectivity index (χ3v) is 6.11. The lowest BCUT2D eigenvalue weighted by atomic mass is 10.2. The maximum atomic E-state index is 13.0. The van der Waals surface area contributed by atoms with Crippen LogP contribution in [0.3, 0.4) is 0 Å². The number of ketones is 1. The van der Waals surface area contributed by atoms with Crippen molar-refractivity contribution in [1.29, 1.82) is 0 Å². The van der Waals surface area contributed by atoms with Crippen molar-refractivity contribution in [3.05, 3.63) is 60.1 Å². The molecule has 194 valence electrons. The Bertz CT molecular complexity index is 843. The number of allylic oxidation sites excluding steroid dienone is 5. The molecule has 1 aromatic rings. The van der Waals surface area contributed by atoms with E-state index in [1.807, 2.05) is 76.4 Å². The Balaban J connectivity index is 0. The number of hydrogen-bond acceptors (Lipinski definition) is 4. The molecule has 0 heterocycles. The first-order valence-corrected chi connectivity index (χ1v) is 14.0. The van der Waals surface area contributed by atoms with Crippen LogP contribution >= 0.6 is 0 Å². The van der Waals surface area contributed by atoms with Crippen LogP contribution in [0.25, 0.3) is 0 Å². The van der Waals surface area contributed by atoms with Gasteiger partial charge < -0.3 is 10.2 Å². The molecule has 1 unspecified atom stereocenters. The third-order valence-electron chi connectivity index (χ3n) is 4.40. The molecule has 1 N–H and O–H groups in total. The van der Waals surface area contributed by atoms with Crippen molar-refractivity contribution >= 4 is 32.7 Å². The number of hydrogen-bond donors (Lipinski definition) is 1. The van der Waals surface area contributed by atoms with E-state index in [4.69, 9.17) is 0 Å². The fourth-order valence-corrected chi connectivity index (χ4v) is 3.61. The smallest absolute Gasteiger partial charge is 0.131 e. The molecule has 1 aromatic carbocycles. The molecule has 0 aliphatic carbocycles. The van der Waals surface area contributed by atoms with Gasteiger partial charge in [0.2, 0.25) is 0 Å². The van der Waals surface area contributed by atoms with Gasteiger partial charge in [0.1, 0.15) is 5.78 Å². The molecule has 0 bridgehead atoms. The van der Waals surface area contributed by atoms with Crippen molar-refractivity contribution in [3.63, 3.8) is 0 Å². The number of carbonyl (C=O) groups is 1. The second-order valence-corrected chi connectivity index (χ2v) is 9.89. The van der Waals surface area contributed by atoms with Crippen LogP contribution < -0.4 is 9.62 Å². The number of nitrogens with zero attached hydrogens (tertiary/aromatic N) is 2. The van der Waals surface area contributed by atoms with E-state index in [1.165, 1.54) is 6.42 Å². The summed E-state index contributed by atoms with van der Waals surface area (Å²) in [6.45, 7) is 14.3. The predicted octanol–water partition coefficient (Wildman–Crippen LogP) is 6.56. The summed E-state index contributed by atoms with van der Waals surface area (Å²) >= 11 is 0. The molecule has 0 aromatic heterocycles. The van der Waals surface area contributed by atoms with Gasteiger partial charge >= 0.3 is 0 Å². The van der Waals surface area contributed by atoms with Gasteiger partial charge in [0.25, 0.3) is 0 Å². The maximum absolute atomic E-state index is 13.0. The van der Waals surface area contributed by atoms with Crippen LogP contribution in [-0.2, 0) is 14.5 Å². The van der Waals surface area contributed by atoms with Gasteiger partial charge in [0.05, 0.1) is 21.1 Å². The van der Waals surface area contributed by atoms with E-state index in [0.29, 0.717) is 6.42 Å². The quantitative estimate of drug-likeness (QED) is 0.193. The molecule has 0 spiro atoms. The minimum absolute atomic E-state index is 0.218. The highest BCUT2D eigenvalue weighted by Crippen LogP contribution is 2.27. The topological polar surface area (TPSA) is 52.7 Å². The highest BCUT2D eigenvalue weighted by molar-refractivity contribution is 8.04. The number of carbonyl (C=O) groups excluding carboxylic acids is 1. The largest absolute Gasteiger partial charge is 0.383 e. The molecule has 6 heteroatoms. The van der Waals surface area contributed by atoms with E-state index in [9.17, 15) is 9.00 Å². The number of benzene rings is 1. The normalized spacial score (nSPS) is 12.7. The molecular formula is C28H49N3O2S. The summed E-state index contributed by atoms with van der Waals surface area (Å²) in [5.74, 6) is 4.13. The first-order chi connectivity index (χ1) is 16.2. The van der Waals surface area contributed by atoms with Crippen LogP contribution in [0.2, 0.25) is 0 Å². The fraction of sp³-hybridized carbons (Fsp3) is 0.500. The summed E-state index contributed by atoms with van der Waals surface area (Å²) in [7, 11) is 1.24. The number of nitrogens with one attached hydrogen (secondary N) is 1. The number of Topliss-reactive ketones (excluding diaryl/α,β-unsaturated/α-hetero) is 1. The Morgan fingerprint density at radius 1 is 1.06 bits per heavy atom. The van der Waals surface area contributed by atoms with Crippen molar-refractivity contribution < 1.29 is 9.00 Å². The van der Waals surface area contributed by atoms with Crippen molar-refractivity contribution in [3.8, 4) is 0 Å². The SMILES string of the molecule is C=S(=O)(/C=C/C=C\C=C/C)N(C)c1ccccc1NCCCN(C)CCC(C)=O.CC.CCC. The molecule has 5 nitrogen and oxygen atoms in total. The van der Waals surface area contributed by atoms with Gasteiger partial charge in [-0.3, -0.25) is 9.10 Å². The summed E-state index contributed by atoms with van der Waals surface area (Å²) in [6, 6.07) is 7.81. The molecule has 0 saturated heterocycles. The molecule has 1 rings (SSSR count). The minimum Gasteiger partial charge on any atom is -0.383 e. The second kappa shape index (κ2) is 21.2. The lowest BCUT2D eigenvalue weighted by Gasteiger charge is -2.25. The monoisotopic (exact) mass is 491 g/mol. The lowest BCUT2D eigenvalue weighted by molar-refractivity contribution is -0.117. The summed E-state index contributed by atoms with van der Waals surface area (Å²) < 4.78 is 14.7. The van der Waals surface area contributed by atoms with Crippen LogP contribution in [0, 0.1) is 0 Å². The van der Waals surface area contributed by atoms with Crippen LogP contribution in [0.1, 0.15) is 60.8 Å². The Morgan fingerprint density at radius 2 is 1.65 bits per heavy atom. The lowest BCUT2D eigenvalue weighted by Crippen LogP contribution is -2.26. The van der Waals surface area contributed by atoms with E-state index in [0.717, 1.165) is 37.4 Å². The van der Waals surface area contributed by atoms with E-state index in [1.54, 1.807) is 29.8 Å². The average molecular weight is 492 g/mol. The first-order valence-electron chi connectivity index (χ1n) is 12.3. The maximum Gasteiger partial charge on any atom is 0.131 e. The predicted molar refractivity (Wildman–Crippen MR) is 156 cm³/mol. The van der Waals surface area contributed by atoms with Crippen molar-refractivity contribution in [2.75, 3.05) is 43.4 Å². The Kier molecular flexibility index (Phi) is 21.2. The zero-order chi connectivity index (χ0) is 26.4. The minimum atomic E-state index is -2.59. The van der Waals surface area contributed by atoms with Gasteiger partial charge in [-0.15, -0.1) is 0 Å². The molecule has 0 aliphatic heterocycles. The van der Waals surface area contributed by atoms with E-state index >= 15 is 0 Å². The zero-order valence-electron chi connectivity index (χ0n) is 22.8. The van der Waals surface area contributed by atoms with Gasteiger partial charge in [0.15, 0.2) is 0 Å². The van der Waals surface area contributed by atoms with E-state index in [2.05, 4.69) is 29.9 Å². The van der Waals surface area contributed by atoms with Gasteiger partial charge in [-0.25, -0.2) is 4.21 Å². The first kappa shape index (κ1) is 33.9. The zero-order valence-corrected chi connectivity index (χ0v) is 23.7. The Labute approximate surface area is 210 Å². The van der Waals surface area contributed by atoms with Crippen LogP contribution in [0.5, 0.6) is 0 Å². The van der Waals surface area contributed by atoms with Crippen molar-refractivity contribution in [1.82, 2.24) is 4.90 Å². The molecule has 0 saturated carbocycles. The van der Waals surface area contributed by atoms with Gasteiger partial charge in [-0.1, -0.05) is 76.6 Å². The molecule has 0 radical (unpaired) electrons. The standard InChI is InChI=1S/C23H35N3O2S.C3H8.C2H6/c1-6-7-8-9-12-20-29(5,28)26(4)23-15-11-10-14-22(23)24-17-13-18-25(3)19-16-21(2)27;1-3-2;1-2/h6-12,14-15,20,24H,5,13,16-19H2,1-4H3;3H2,1-2H3;1-2H3/b7-6-,9-8-,20-12+;;. The Hall–Kier alpha value is -2.31. The van der Waals surface area contributed by atoms with Crippen molar-refractivity contribution in [2.45, 2.75) is 60.8 Å². The summed E-state index contributed by atoms with van der Waals surface area (Å²) in [6.07, 6.45) is 12.1. The molecule has 0 amide bonds. The van der Waals surface area contributed by atoms with E-state index in [-0.39, 0.29) is 5.78 Å². The number of anilines is 2. The number of rotatable bonds is 13. The summed E-state index contributed by atoms with van der Waals surface area (Å²) in [4.78, 5) is 13.2. The Morgan fingerprint density at radius 3 is 2.24 bits per heavy atom. The third kappa shape index (κ3) is 16.3. The van der Waals surface area contributed by atoms with Gasteiger partial charge in [-0.05, 0) is 51.9 Å². The summed E-state index contributed by atoms with van der Waals surface area (Å²) in [5, 5.41) is 5.07. The molecule has 34 heavy (non-hydrogen) atoms. The van der Waals surface area contributed by atoms with Gasteiger partial charge in [-0.2, -0.15) is 0 Å². The second-order valence-electron chi connectivity index (χ2n) is 7.69. The van der Waals surface area contributed by atoms with E-state index < -0.39 is 9.71 Å². The van der Waals surface area contributed by atoms with Crippen molar-refractivity contribution in [2.24, 2.45) is 0 Å². The highest BCUT2D eigenvalue weighted by Gasteiger charge is 2.13. The molecule has 0 aliphatic rings. The van der Waals surface area contributed by atoms with Gasteiger partial charge in [0, 0.05) is 32.0 Å². The van der Waals surface area contributed by atoms with Crippen LogP contribution in [-0.4, -0.2) is 54.5 Å². The molecular weight excluding hydrogens is 442 g/mol. The summed E-state index contributed by atoms with van der Waals surface area (Å²) in [5.41, 5.74) is 1.77. The molecule has 1 atom stereocenters. The van der Waals surface area contributed by atoms with Crippen LogP contribution in [0.15, 0.2) is 60.1 Å². The number of para-hydroxylation sites is 2. The van der Waals surface area contributed by atoms with Crippen LogP contribution in [0.4, 0.5) is 11.4 Å². The molecule has 0 fully saturated rings.